The van der Waals surface area contributed by atoms with Gasteiger partial charge in [-0.2, -0.15) is 0 Å². The summed E-state index contributed by atoms with van der Waals surface area (Å²) >= 11 is 0. The molecule has 8 heteroatoms. The first-order valence-corrected chi connectivity index (χ1v) is 13.0. The Morgan fingerprint density at radius 3 is 2.81 bits per heavy atom. The fourth-order valence-corrected chi connectivity index (χ4v) is 5.56. The first kappa shape index (κ1) is 26.1. The number of ether oxygens (including phenoxy) is 1. The van der Waals surface area contributed by atoms with Crippen LogP contribution in [0.2, 0.25) is 0 Å². The largest absolute Gasteiger partial charge is 0.497 e. The molecule has 0 spiro atoms. The zero-order valence-corrected chi connectivity index (χ0v) is 21.3. The number of carbonyl (C=O) groups is 1. The average molecular weight is 495 g/mol. The number of carboxylic acids is 1. The fraction of sp³-hybridized carbons (Fsp3) is 0.536. The molecule has 36 heavy (non-hydrogen) atoms. The topological polar surface area (TPSA) is 101 Å². The second kappa shape index (κ2) is 12.3. The lowest BCUT2D eigenvalue weighted by Gasteiger charge is -2.39. The number of likely N-dealkylation sites (tertiary alicyclic amines) is 1. The predicted molar refractivity (Wildman–Crippen MR) is 139 cm³/mol. The average Bonchev–Trinajstić information content (AvgIpc) is 3.30. The number of benzene rings is 1. The van der Waals surface area contributed by atoms with Crippen molar-refractivity contribution in [1.82, 2.24) is 19.4 Å². The zero-order valence-electron chi connectivity index (χ0n) is 21.3. The van der Waals surface area contributed by atoms with Crippen molar-refractivity contribution < 1.29 is 19.7 Å². The molecule has 0 saturated carbocycles. The van der Waals surface area contributed by atoms with Crippen molar-refractivity contribution in [2.45, 2.75) is 51.0 Å². The van der Waals surface area contributed by atoms with Gasteiger partial charge in [-0.1, -0.05) is 0 Å². The van der Waals surface area contributed by atoms with Crippen LogP contribution in [0.25, 0.3) is 10.9 Å². The Bertz CT molecular complexity index is 1150. The van der Waals surface area contributed by atoms with Gasteiger partial charge in [-0.05, 0) is 86.9 Å². The number of carboxylic acid groups (broad SMARTS) is 1. The Hall–Kier alpha value is -2.97. The molecule has 0 amide bonds. The predicted octanol–water partition coefficient (Wildman–Crippen LogP) is 4.23. The van der Waals surface area contributed by atoms with E-state index in [1.54, 1.807) is 13.3 Å². The van der Waals surface area contributed by atoms with E-state index in [1.165, 1.54) is 0 Å². The SMILES string of the molecule is COc1ccc2nccc([C@H](O)CC[C@@H]3CCN(CCCc4nccn4C)C[C@H]3CCC(=O)O)c2c1. The van der Waals surface area contributed by atoms with Crippen LogP contribution >= 0.6 is 0 Å². The van der Waals surface area contributed by atoms with E-state index in [0.29, 0.717) is 24.7 Å². The van der Waals surface area contributed by atoms with E-state index < -0.39 is 12.1 Å². The Kier molecular flexibility index (Phi) is 8.93. The summed E-state index contributed by atoms with van der Waals surface area (Å²) in [7, 11) is 3.66. The molecular formula is C28H38N4O4. The minimum absolute atomic E-state index is 0.194. The summed E-state index contributed by atoms with van der Waals surface area (Å²) in [6.07, 6.45) is 10.4. The normalized spacial score (nSPS) is 19.4. The van der Waals surface area contributed by atoms with Gasteiger partial charge in [0.25, 0.3) is 0 Å². The molecular weight excluding hydrogens is 456 g/mol. The summed E-state index contributed by atoms with van der Waals surface area (Å²) in [4.78, 5) is 22.6. The van der Waals surface area contributed by atoms with Crippen molar-refractivity contribution >= 4 is 16.9 Å². The molecule has 0 unspecified atom stereocenters. The van der Waals surface area contributed by atoms with E-state index in [2.05, 4.69) is 19.4 Å². The van der Waals surface area contributed by atoms with Gasteiger partial charge in [-0.25, -0.2) is 4.98 Å². The molecule has 3 atom stereocenters. The number of aliphatic hydroxyl groups is 1. The number of aromatic nitrogens is 3. The maximum absolute atomic E-state index is 11.3. The third-order valence-corrected chi connectivity index (χ3v) is 7.65. The van der Waals surface area contributed by atoms with E-state index in [1.807, 2.05) is 43.7 Å². The number of hydrogen-bond acceptors (Lipinski definition) is 6. The molecule has 2 N–H and O–H groups in total. The van der Waals surface area contributed by atoms with Gasteiger partial charge in [0.1, 0.15) is 11.6 Å². The van der Waals surface area contributed by atoms with Gasteiger partial charge < -0.3 is 24.4 Å². The molecule has 1 aromatic carbocycles. The molecule has 194 valence electrons. The number of fused-ring (bicyclic) bond motifs is 1. The number of aryl methyl sites for hydroxylation is 2. The molecule has 1 aliphatic heterocycles. The number of hydrogen-bond donors (Lipinski definition) is 2. The standard InChI is InChI=1S/C28H38N4O4/c1-31-17-14-30-27(31)4-3-15-32-16-12-20(21(19-32)6-10-28(34)35)5-9-26(33)23-11-13-29-25-8-7-22(36-2)18-24(23)25/h7-8,11,13-14,17-18,20-21,26,33H,3-6,9-10,12,15-16,19H2,1-2H3,(H,34,35)/t20-,21-,26-/m1/s1. The summed E-state index contributed by atoms with van der Waals surface area (Å²) < 4.78 is 7.44. The highest BCUT2D eigenvalue weighted by Crippen LogP contribution is 2.35. The summed E-state index contributed by atoms with van der Waals surface area (Å²) in [5.41, 5.74) is 1.71. The van der Waals surface area contributed by atoms with E-state index in [4.69, 9.17) is 4.74 Å². The van der Waals surface area contributed by atoms with Gasteiger partial charge in [-0.15, -0.1) is 0 Å². The van der Waals surface area contributed by atoms with Crippen LogP contribution in [0, 0.1) is 11.8 Å². The number of piperidine rings is 1. The van der Waals surface area contributed by atoms with Crippen LogP contribution in [0.3, 0.4) is 0 Å². The summed E-state index contributed by atoms with van der Waals surface area (Å²) in [6, 6.07) is 7.61. The molecule has 2 aromatic heterocycles. The van der Waals surface area contributed by atoms with Crippen molar-refractivity contribution in [1.29, 1.82) is 0 Å². The van der Waals surface area contributed by atoms with Crippen molar-refractivity contribution in [3.63, 3.8) is 0 Å². The summed E-state index contributed by atoms with van der Waals surface area (Å²) in [5.74, 6) is 1.84. The Labute approximate surface area is 212 Å². The highest BCUT2D eigenvalue weighted by molar-refractivity contribution is 5.83. The second-order valence-electron chi connectivity index (χ2n) is 9.98. The molecule has 1 fully saturated rings. The van der Waals surface area contributed by atoms with E-state index in [0.717, 1.165) is 73.4 Å². The number of imidazole rings is 1. The van der Waals surface area contributed by atoms with Crippen molar-refractivity contribution in [2.75, 3.05) is 26.7 Å². The Balaban J connectivity index is 1.36. The van der Waals surface area contributed by atoms with Crippen LogP contribution in [-0.4, -0.2) is 62.4 Å². The van der Waals surface area contributed by atoms with Gasteiger partial charge >= 0.3 is 5.97 Å². The first-order valence-electron chi connectivity index (χ1n) is 13.0. The molecule has 4 rings (SSSR count). The first-order chi connectivity index (χ1) is 17.4. The van der Waals surface area contributed by atoms with E-state index >= 15 is 0 Å². The second-order valence-corrected chi connectivity index (χ2v) is 9.98. The number of rotatable bonds is 12. The number of pyridine rings is 1. The van der Waals surface area contributed by atoms with Crippen LogP contribution in [0.1, 0.15) is 56.0 Å². The monoisotopic (exact) mass is 494 g/mol. The molecule has 0 radical (unpaired) electrons. The van der Waals surface area contributed by atoms with Gasteiger partial charge in [0.2, 0.25) is 0 Å². The van der Waals surface area contributed by atoms with Gasteiger partial charge in [0.05, 0.1) is 18.7 Å². The maximum atomic E-state index is 11.3. The Morgan fingerprint density at radius 1 is 1.19 bits per heavy atom. The van der Waals surface area contributed by atoms with E-state index in [-0.39, 0.29) is 6.42 Å². The van der Waals surface area contributed by atoms with Crippen LogP contribution in [0.4, 0.5) is 0 Å². The highest BCUT2D eigenvalue weighted by Gasteiger charge is 2.30. The lowest BCUT2D eigenvalue weighted by molar-refractivity contribution is -0.137. The van der Waals surface area contributed by atoms with Crippen molar-refractivity contribution in [3.05, 3.63) is 54.2 Å². The van der Waals surface area contributed by atoms with Gasteiger partial charge in [0.15, 0.2) is 0 Å². The smallest absolute Gasteiger partial charge is 0.303 e. The fourth-order valence-electron chi connectivity index (χ4n) is 5.56. The zero-order chi connectivity index (χ0) is 25.5. The molecule has 0 aliphatic carbocycles. The van der Waals surface area contributed by atoms with Gasteiger partial charge in [-0.3, -0.25) is 9.78 Å². The molecule has 3 heterocycles. The minimum Gasteiger partial charge on any atom is -0.497 e. The molecule has 8 nitrogen and oxygen atoms in total. The number of aliphatic hydroxyl groups excluding tert-OH is 1. The summed E-state index contributed by atoms with van der Waals surface area (Å²) in [5, 5.41) is 21.3. The third-order valence-electron chi connectivity index (χ3n) is 7.65. The Morgan fingerprint density at radius 2 is 2.06 bits per heavy atom. The molecule has 1 saturated heterocycles. The van der Waals surface area contributed by atoms with Gasteiger partial charge in [0, 0.05) is 50.4 Å². The van der Waals surface area contributed by atoms with Crippen LogP contribution in [-0.2, 0) is 18.3 Å². The maximum Gasteiger partial charge on any atom is 0.303 e. The summed E-state index contributed by atoms with van der Waals surface area (Å²) in [6.45, 7) is 2.93. The number of aliphatic carboxylic acids is 1. The molecule has 0 bridgehead atoms. The lowest BCUT2D eigenvalue weighted by Crippen LogP contribution is -2.41. The highest BCUT2D eigenvalue weighted by atomic mass is 16.5. The van der Waals surface area contributed by atoms with E-state index in [9.17, 15) is 15.0 Å². The van der Waals surface area contributed by atoms with Crippen LogP contribution in [0.15, 0.2) is 42.9 Å². The molecule has 1 aliphatic rings. The number of methoxy groups -OCH3 is 1. The van der Waals surface area contributed by atoms with Crippen molar-refractivity contribution in [3.8, 4) is 5.75 Å². The molecule has 3 aromatic rings. The third kappa shape index (κ3) is 6.62. The number of nitrogens with zero attached hydrogens (tertiary/aromatic N) is 4. The lowest BCUT2D eigenvalue weighted by atomic mass is 9.79. The van der Waals surface area contributed by atoms with Crippen LogP contribution < -0.4 is 4.74 Å². The van der Waals surface area contributed by atoms with Crippen molar-refractivity contribution in [2.24, 2.45) is 18.9 Å². The quantitative estimate of drug-likeness (QED) is 0.389. The minimum atomic E-state index is -0.738. The van der Waals surface area contributed by atoms with Crippen LogP contribution in [0.5, 0.6) is 5.75 Å².